The molecule has 24 heavy (non-hydrogen) atoms. The second-order valence-corrected chi connectivity index (χ2v) is 7.66. The molecule has 1 aromatic carbocycles. The van der Waals surface area contributed by atoms with Crippen LogP contribution in [0.25, 0.3) is 0 Å². The van der Waals surface area contributed by atoms with Gasteiger partial charge in [0.2, 0.25) is 10.0 Å². The maximum atomic E-state index is 12.5. The fourth-order valence-electron chi connectivity index (χ4n) is 2.47. The van der Waals surface area contributed by atoms with Crippen molar-refractivity contribution in [3.05, 3.63) is 47.5 Å². The summed E-state index contributed by atoms with van der Waals surface area (Å²) in [5.41, 5.74) is 2.46. The Morgan fingerprint density at radius 1 is 1.25 bits per heavy atom. The summed E-state index contributed by atoms with van der Waals surface area (Å²) in [5, 5.41) is 0. The number of hydrogen-bond donors (Lipinski definition) is 1. The molecule has 1 N–H and O–H groups in total. The molecular weight excluding hydrogens is 326 g/mol. The number of nitrogens with one attached hydrogen (secondary N) is 1. The minimum absolute atomic E-state index is 0.150. The van der Waals surface area contributed by atoms with Crippen LogP contribution in [0.15, 0.2) is 35.5 Å². The summed E-state index contributed by atoms with van der Waals surface area (Å²) in [6.45, 7) is 4.42. The van der Waals surface area contributed by atoms with E-state index in [0.717, 1.165) is 24.1 Å². The molecule has 2 aromatic rings. The molecule has 0 radical (unpaired) electrons. The van der Waals surface area contributed by atoms with E-state index in [1.54, 1.807) is 18.2 Å². The van der Waals surface area contributed by atoms with E-state index < -0.39 is 10.0 Å². The summed E-state index contributed by atoms with van der Waals surface area (Å²) in [7, 11) is -3.60. The molecule has 128 valence electrons. The average molecular weight is 347 g/mol. The lowest BCUT2D eigenvalue weighted by Crippen LogP contribution is -2.24. The molecule has 1 heterocycles. The Balaban J connectivity index is 1.71. The summed E-state index contributed by atoms with van der Waals surface area (Å²) >= 11 is 0. The van der Waals surface area contributed by atoms with Crippen molar-refractivity contribution in [1.82, 2.24) is 14.7 Å². The van der Waals surface area contributed by atoms with Gasteiger partial charge in [-0.2, -0.15) is 0 Å². The summed E-state index contributed by atoms with van der Waals surface area (Å²) in [6, 6.07) is 6.73. The van der Waals surface area contributed by atoms with Crippen molar-refractivity contribution in [2.75, 3.05) is 6.61 Å². The van der Waals surface area contributed by atoms with Crippen molar-refractivity contribution >= 4 is 10.0 Å². The molecule has 1 aromatic heterocycles. The van der Waals surface area contributed by atoms with Gasteiger partial charge < -0.3 is 4.74 Å². The molecule has 1 saturated carbocycles. The summed E-state index contributed by atoms with van der Waals surface area (Å²) in [4.78, 5) is 8.61. The Hall–Kier alpha value is -1.99. The van der Waals surface area contributed by atoms with Crippen LogP contribution in [-0.4, -0.2) is 25.0 Å². The van der Waals surface area contributed by atoms with Crippen molar-refractivity contribution in [2.45, 2.75) is 44.0 Å². The quantitative estimate of drug-likeness (QED) is 0.832. The van der Waals surface area contributed by atoms with Crippen LogP contribution < -0.4 is 9.46 Å². The second kappa shape index (κ2) is 6.86. The van der Waals surface area contributed by atoms with Gasteiger partial charge in [-0.3, -0.25) is 0 Å². The molecule has 3 rings (SSSR count). The normalized spacial score (nSPS) is 14.6. The van der Waals surface area contributed by atoms with E-state index >= 15 is 0 Å². The zero-order valence-corrected chi connectivity index (χ0v) is 14.6. The first-order valence-electron chi connectivity index (χ1n) is 8.03. The Labute approximate surface area is 142 Å². The Morgan fingerprint density at radius 3 is 2.71 bits per heavy atom. The van der Waals surface area contributed by atoms with E-state index in [0.29, 0.717) is 24.0 Å². The largest absolute Gasteiger partial charge is 0.494 e. The lowest BCUT2D eigenvalue weighted by atomic mass is 10.2. The number of sulfonamides is 1. The van der Waals surface area contributed by atoms with Gasteiger partial charge in [-0.15, -0.1) is 0 Å². The van der Waals surface area contributed by atoms with Gasteiger partial charge in [0, 0.05) is 11.6 Å². The third-order valence-electron chi connectivity index (χ3n) is 3.94. The van der Waals surface area contributed by atoms with Crippen LogP contribution in [0.5, 0.6) is 5.75 Å². The van der Waals surface area contributed by atoms with Gasteiger partial charge in [0.15, 0.2) is 0 Å². The van der Waals surface area contributed by atoms with E-state index in [-0.39, 0.29) is 11.4 Å². The zero-order valence-electron chi connectivity index (χ0n) is 13.8. The lowest BCUT2D eigenvalue weighted by molar-refractivity contribution is 0.337. The monoisotopic (exact) mass is 347 g/mol. The van der Waals surface area contributed by atoms with Crippen molar-refractivity contribution in [1.29, 1.82) is 0 Å². The summed E-state index contributed by atoms with van der Waals surface area (Å²) in [5.74, 6) is 1.21. The van der Waals surface area contributed by atoms with E-state index in [1.807, 2.05) is 19.9 Å². The number of ether oxygens (including phenoxy) is 1. The van der Waals surface area contributed by atoms with Crippen molar-refractivity contribution in [2.24, 2.45) is 0 Å². The number of aromatic nitrogens is 2. The highest BCUT2D eigenvalue weighted by atomic mass is 32.2. The summed E-state index contributed by atoms with van der Waals surface area (Å²) in [6.07, 6.45) is 3.79. The highest BCUT2D eigenvalue weighted by Gasteiger charge is 2.25. The van der Waals surface area contributed by atoms with Gasteiger partial charge >= 0.3 is 0 Å². The molecule has 6 nitrogen and oxygen atoms in total. The summed E-state index contributed by atoms with van der Waals surface area (Å²) < 4.78 is 33.0. The molecule has 0 bridgehead atoms. The number of nitrogens with zero attached hydrogens (tertiary/aromatic N) is 2. The van der Waals surface area contributed by atoms with E-state index in [1.165, 1.54) is 6.33 Å². The predicted molar refractivity (Wildman–Crippen MR) is 90.4 cm³/mol. The molecule has 1 aliphatic carbocycles. The minimum atomic E-state index is -3.60. The standard InChI is InChI=1S/C17H21N3O3S/c1-3-23-17-7-6-15(8-12(17)2)24(21,22)20-10-14-9-16(13-4-5-13)19-11-18-14/h6-9,11,13,20H,3-5,10H2,1-2H3. The minimum Gasteiger partial charge on any atom is -0.494 e. The smallest absolute Gasteiger partial charge is 0.240 e. The molecule has 1 aliphatic rings. The van der Waals surface area contributed by atoms with Crippen LogP contribution in [-0.2, 0) is 16.6 Å². The van der Waals surface area contributed by atoms with E-state index in [4.69, 9.17) is 4.74 Å². The van der Waals surface area contributed by atoms with Crippen molar-refractivity contribution in [3.8, 4) is 5.75 Å². The third-order valence-corrected chi connectivity index (χ3v) is 5.34. The Bertz CT molecular complexity index is 833. The molecular formula is C17H21N3O3S. The molecule has 0 unspecified atom stereocenters. The maximum Gasteiger partial charge on any atom is 0.240 e. The van der Waals surface area contributed by atoms with Crippen LogP contribution in [0, 0.1) is 6.92 Å². The third kappa shape index (κ3) is 3.91. The molecule has 7 heteroatoms. The van der Waals surface area contributed by atoms with Crippen LogP contribution in [0.4, 0.5) is 0 Å². The number of hydrogen-bond acceptors (Lipinski definition) is 5. The highest BCUT2D eigenvalue weighted by molar-refractivity contribution is 7.89. The van der Waals surface area contributed by atoms with Gasteiger partial charge in [-0.05, 0) is 56.5 Å². The zero-order chi connectivity index (χ0) is 17.2. The fraction of sp³-hybridized carbons (Fsp3) is 0.412. The molecule has 0 saturated heterocycles. The van der Waals surface area contributed by atoms with Crippen LogP contribution in [0.2, 0.25) is 0 Å². The Kier molecular flexibility index (Phi) is 4.82. The molecule has 0 atom stereocenters. The van der Waals surface area contributed by atoms with Gasteiger partial charge in [-0.25, -0.2) is 23.1 Å². The van der Waals surface area contributed by atoms with Gasteiger partial charge in [-0.1, -0.05) is 0 Å². The topological polar surface area (TPSA) is 81.2 Å². The average Bonchev–Trinajstić information content (AvgIpc) is 3.40. The van der Waals surface area contributed by atoms with Gasteiger partial charge in [0.1, 0.15) is 12.1 Å². The van der Waals surface area contributed by atoms with Crippen LogP contribution in [0.3, 0.4) is 0 Å². The van der Waals surface area contributed by atoms with Crippen LogP contribution in [0.1, 0.15) is 42.6 Å². The molecule has 0 spiro atoms. The van der Waals surface area contributed by atoms with Gasteiger partial charge in [0.05, 0.1) is 23.7 Å². The number of aryl methyl sites for hydroxylation is 1. The first kappa shape index (κ1) is 16.9. The van der Waals surface area contributed by atoms with Crippen molar-refractivity contribution in [3.63, 3.8) is 0 Å². The first-order valence-corrected chi connectivity index (χ1v) is 9.52. The highest BCUT2D eigenvalue weighted by Crippen LogP contribution is 2.38. The van der Waals surface area contributed by atoms with Crippen molar-refractivity contribution < 1.29 is 13.2 Å². The van der Waals surface area contributed by atoms with Gasteiger partial charge in [0.25, 0.3) is 0 Å². The lowest BCUT2D eigenvalue weighted by Gasteiger charge is -2.11. The SMILES string of the molecule is CCOc1ccc(S(=O)(=O)NCc2cc(C3CC3)ncn2)cc1C. The molecule has 0 amide bonds. The first-order chi connectivity index (χ1) is 11.5. The second-order valence-electron chi connectivity index (χ2n) is 5.89. The van der Waals surface area contributed by atoms with E-state index in [9.17, 15) is 8.42 Å². The molecule has 0 aliphatic heterocycles. The molecule has 1 fully saturated rings. The number of benzene rings is 1. The maximum absolute atomic E-state index is 12.5. The van der Waals surface area contributed by atoms with E-state index in [2.05, 4.69) is 14.7 Å². The Morgan fingerprint density at radius 2 is 2.04 bits per heavy atom. The fourth-order valence-corrected chi connectivity index (χ4v) is 3.56. The van der Waals surface area contributed by atoms with Crippen LogP contribution >= 0.6 is 0 Å². The number of rotatable bonds is 7. The predicted octanol–water partition coefficient (Wildman–Crippen LogP) is 2.54.